The highest BCUT2D eigenvalue weighted by Crippen LogP contribution is 2.42. The van der Waals surface area contributed by atoms with Crippen molar-refractivity contribution in [3.8, 4) is 0 Å². The minimum absolute atomic E-state index is 0.0796. The van der Waals surface area contributed by atoms with Crippen LogP contribution in [0.3, 0.4) is 0 Å². The summed E-state index contributed by atoms with van der Waals surface area (Å²) in [5, 5.41) is 1.01. The lowest BCUT2D eigenvalue weighted by Gasteiger charge is -2.22. The summed E-state index contributed by atoms with van der Waals surface area (Å²) >= 11 is 1.43. The SMILES string of the molecule is Cc1nc(N2C(=O)c3oc4ccccc4c(=O)c3C2c2ccncc2)sc1C. The highest BCUT2D eigenvalue weighted by molar-refractivity contribution is 7.15. The zero-order chi connectivity index (χ0) is 19.4. The van der Waals surface area contributed by atoms with Crippen molar-refractivity contribution in [2.24, 2.45) is 0 Å². The van der Waals surface area contributed by atoms with E-state index in [1.165, 1.54) is 11.3 Å². The maximum Gasteiger partial charge on any atom is 0.297 e. The summed E-state index contributed by atoms with van der Waals surface area (Å²) < 4.78 is 5.91. The third-order valence-corrected chi connectivity index (χ3v) is 6.09. The van der Waals surface area contributed by atoms with Gasteiger partial charge in [0.15, 0.2) is 10.6 Å². The van der Waals surface area contributed by atoms with Gasteiger partial charge in [-0.05, 0) is 43.7 Å². The van der Waals surface area contributed by atoms with Gasteiger partial charge in [0.05, 0.1) is 22.7 Å². The van der Waals surface area contributed by atoms with Crippen LogP contribution in [0.1, 0.15) is 38.3 Å². The molecule has 0 spiro atoms. The Hall–Kier alpha value is -3.32. The first-order valence-corrected chi connectivity index (χ1v) is 9.61. The molecule has 138 valence electrons. The molecule has 0 saturated heterocycles. The fraction of sp³-hybridized carbons (Fsp3) is 0.143. The number of rotatable bonds is 2. The van der Waals surface area contributed by atoms with Gasteiger partial charge in [0.2, 0.25) is 5.76 Å². The summed E-state index contributed by atoms with van der Waals surface area (Å²) in [5.74, 6) is -0.274. The van der Waals surface area contributed by atoms with Gasteiger partial charge in [-0.1, -0.05) is 12.1 Å². The van der Waals surface area contributed by atoms with Crippen LogP contribution in [0.4, 0.5) is 5.13 Å². The van der Waals surface area contributed by atoms with Gasteiger partial charge in [-0.15, -0.1) is 11.3 Å². The van der Waals surface area contributed by atoms with Crippen LogP contribution in [-0.2, 0) is 0 Å². The van der Waals surface area contributed by atoms with Crippen LogP contribution in [-0.4, -0.2) is 15.9 Å². The average molecular weight is 389 g/mol. The van der Waals surface area contributed by atoms with E-state index >= 15 is 0 Å². The van der Waals surface area contributed by atoms with E-state index in [0.717, 1.165) is 16.1 Å². The zero-order valence-corrected chi connectivity index (χ0v) is 16.0. The van der Waals surface area contributed by atoms with E-state index in [4.69, 9.17) is 4.42 Å². The van der Waals surface area contributed by atoms with E-state index in [1.807, 2.05) is 26.0 Å². The third-order valence-electron chi connectivity index (χ3n) is 5.02. The largest absolute Gasteiger partial charge is 0.450 e. The van der Waals surface area contributed by atoms with E-state index in [0.29, 0.717) is 21.7 Å². The topological polar surface area (TPSA) is 76.3 Å². The van der Waals surface area contributed by atoms with Gasteiger partial charge in [0, 0.05) is 17.3 Å². The molecule has 4 aromatic rings. The molecule has 7 heteroatoms. The van der Waals surface area contributed by atoms with Gasteiger partial charge in [0.25, 0.3) is 5.91 Å². The molecule has 0 fully saturated rings. The summed E-state index contributed by atoms with van der Waals surface area (Å²) in [6.45, 7) is 3.87. The molecule has 3 aromatic heterocycles. The number of nitrogens with zero attached hydrogens (tertiary/aromatic N) is 3. The Labute approximate surface area is 164 Å². The molecule has 5 rings (SSSR count). The van der Waals surface area contributed by atoms with Crippen molar-refractivity contribution in [1.29, 1.82) is 0 Å². The van der Waals surface area contributed by atoms with Gasteiger partial charge in [-0.25, -0.2) is 4.98 Å². The number of hydrogen-bond donors (Lipinski definition) is 0. The molecule has 0 radical (unpaired) electrons. The molecular formula is C21H15N3O3S. The number of aryl methyl sites for hydroxylation is 2. The highest BCUT2D eigenvalue weighted by Gasteiger charge is 2.44. The van der Waals surface area contributed by atoms with E-state index < -0.39 is 6.04 Å². The number of para-hydroxylation sites is 1. The maximum absolute atomic E-state index is 13.3. The third kappa shape index (κ3) is 2.33. The predicted octanol–water partition coefficient (Wildman–Crippen LogP) is 4.01. The Bertz CT molecular complexity index is 1270. The molecule has 0 N–H and O–H groups in total. The van der Waals surface area contributed by atoms with Crippen molar-refractivity contribution in [2.75, 3.05) is 4.90 Å². The number of amides is 1. The van der Waals surface area contributed by atoms with Crippen LogP contribution in [0.5, 0.6) is 0 Å². The number of benzene rings is 1. The van der Waals surface area contributed by atoms with E-state index in [9.17, 15) is 9.59 Å². The molecule has 1 aliphatic heterocycles. The van der Waals surface area contributed by atoms with Gasteiger partial charge in [-0.2, -0.15) is 0 Å². The van der Waals surface area contributed by atoms with Crippen molar-refractivity contribution < 1.29 is 9.21 Å². The molecule has 1 aromatic carbocycles. The second kappa shape index (κ2) is 6.10. The normalized spacial score (nSPS) is 16.0. The standard InChI is InChI=1S/C21H15N3O3S/c1-11-12(2)28-21(23-11)24-17(13-7-9-22-10-8-13)16-18(25)14-5-3-4-6-15(14)27-19(16)20(24)26/h3-10,17H,1-2H3. The van der Waals surface area contributed by atoms with Crippen LogP contribution in [0, 0.1) is 13.8 Å². The number of aromatic nitrogens is 2. The van der Waals surface area contributed by atoms with Crippen LogP contribution in [0.2, 0.25) is 0 Å². The van der Waals surface area contributed by atoms with Gasteiger partial charge in [0.1, 0.15) is 5.58 Å². The maximum atomic E-state index is 13.3. The van der Waals surface area contributed by atoms with Gasteiger partial charge in [-0.3, -0.25) is 19.5 Å². The molecule has 28 heavy (non-hydrogen) atoms. The van der Waals surface area contributed by atoms with Crippen LogP contribution in [0.25, 0.3) is 11.0 Å². The van der Waals surface area contributed by atoms with Gasteiger partial charge >= 0.3 is 0 Å². The van der Waals surface area contributed by atoms with E-state index in [-0.39, 0.29) is 17.1 Å². The fourth-order valence-electron chi connectivity index (χ4n) is 3.54. The first-order chi connectivity index (χ1) is 13.6. The monoisotopic (exact) mass is 389 g/mol. The van der Waals surface area contributed by atoms with Crippen molar-refractivity contribution in [2.45, 2.75) is 19.9 Å². The average Bonchev–Trinajstić information content (AvgIpc) is 3.19. The zero-order valence-electron chi connectivity index (χ0n) is 15.2. The first kappa shape index (κ1) is 16.8. The molecule has 1 aliphatic rings. The first-order valence-electron chi connectivity index (χ1n) is 8.79. The Morgan fingerprint density at radius 1 is 1.07 bits per heavy atom. The summed E-state index contributed by atoms with van der Waals surface area (Å²) in [6, 6.07) is 10.0. The van der Waals surface area contributed by atoms with E-state index in [2.05, 4.69) is 9.97 Å². The van der Waals surface area contributed by atoms with Crippen molar-refractivity contribution >= 4 is 33.3 Å². The lowest BCUT2D eigenvalue weighted by atomic mass is 10.00. The van der Waals surface area contributed by atoms with E-state index in [1.54, 1.807) is 41.6 Å². The number of fused-ring (bicyclic) bond motifs is 2. The van der Waals surface area contributed by atoms with Crippen LogP contribution in [0.15, 0.2) is 58.0 Å². The Kier molecular flexibility index (Phi) is 3.67. The lowest BCUT2D eigenvalue weighted by molar-refractivity contribution is 0.0971. The Morgan fingerprint density at radius 2 is 1.82 bits per heavy atom. The molecule has 6 nitrogen and oxygen atoms in total. The molecule has 1 unspecified atom stereocenters. The predicted molar refractivity (Wildman–Crippen MR) is 107 cm³/mol. The van der Waals surface area contributed by atoms with Crippen LogP contribution < -0.4 is 10.3 Å². The summed E-state index contributed by atoms with van der Waals surface area (Å²) in [4.78, 5) is 37.9. The highest BCUT2D eigenvalue weighted by atomic mass is 32.1. The second-order valence-electron chi connectivity index (χ2n) is 6.67. The van der Waals surface area contributed by atoms with Crippen molar-refractivity contribution in [3.63, 3.8) is 0 Å². The number of anilines is 1. The minimum atomic E-state index is -0.601. The Balaban J connectivity index is 1.83. The van der Waals surface area contributed by atoms with Gasteiger partial charge < -0.3 is 4.42 Å². The number of carbonyl (C=O) groups excluding carboxylic acids is 1. The minimum Gasteiger partial charge on any atom is -0.450 e. The second-order valence-corrected chi connectivity index (χ2v) is 7.85. The number of thiazole rings is 1. The summed E-state index contributed by atoms with van der Waals surface area (Å²) in [6.07, 6.45) is 3.30. The number of carbonyl (C=O) groups is 1. The quantitative estimate of drug-likeness (QED) is 0.518. The fourth-order valence-corrected chi connectivity index (χ4v) is 4.47. The summed E-state index contributed by atoms with van der Waals surface area (Å²) in [7, 11) is 0. The van der Waals surface area contributed by atoms with Crippen molar-refractivity contribution in [1.82, 2.24) is 9.97 Å². The molecule has 1 atom stereocenters. The molecule has 0 saturated carbocycles. The van der Waals surface area contributed by atoms with Crippen molar-refractivity contribution in [3.05, 3.63) is 86.5 Å². The molecule has 0 bridgehead atoms. The smallest absolute Gasteiger partial charge is 0.297 e. The molecule has 1 amide bonds. The Morgan fingerprint density at radius 3 is 2.54 bits per heavy atom. The van der Waals surface area contributed by atoms with Crippen LogP contribution >= 0.6 is 11.3 Å². The molecular weight excluding hydrogens is 374 g/mol. The molecule has 4 heterocycles. The molecule has 0 aliphatic carbocycles. The number of hydrogen-bond acceptors (Lipinski definition) is 6. The number of pyridine rings is 1. The lowest BCUT2D eigenvalue weighted by Crippen LogP contribution is -2.29. The summed E-state index contributed by atoms with van der Waals surface area (Å²) in [5.41, 5.74) is 2.21.